The van der Waals surface area contributed by atoms with Crippen LogP contribution in [0.4, 0.5) is 0 Å². The molecule has 292 valence electrons. The van der Waals surface area contributed by atoms with E-state index in [0.29, 0.717) is 25.8 Å². The largest absolute Gasteiger partial charge is 0.467 e. The number of benzene rings is 1. The van der Waals surface area contributed by atoms with Gasteiger partial charge in [0.25, 0.3) is 0 Å². The van der Waals surface area contributed by atoms with Gasteiger partial charge in [-0.1, -0.05) is 65.3 Å². The van der Waals surface area contributed by atoms with Crippen molar-refractivity contribution in [3.05, 3.63) is 35.4 Å². The minimum absolute atomic E-state index is 0.00330. The Kier molecular flexibility index (Phi) is 15.2. The SMILES string of the molecule is CCC(C)C(C(CC(=O)N1CCC[C@H]1C(OC)C(C)C(=O)NC(C(=O)OC)[C@H]1Cc2ccccc21)OC)N(C)C(=O)C(NC(=O)C(C)(C)N)C(C)C. The summed E-state index contributed by atoms with van der Waals surface area (Å²) in [6.45, 7) is 13.2. The summed E-state index contributed by atoms with van der Waals surface area (Å²) in [6.07, 6.45) is 1.44. The smallest absolute Gasteiger partial charge is 0.329 e. The maximum atomic E-state index is 14.2. The maximum Gasteiger partial charge on any atom is 0.329 e. The molecular weight excluding hydrogens is 666 g/mol. The highest BCUT2D eigenvalue weighted by atomic mass is 16.5. The molecule has 1 aromatic carbocycles. The maximum absolute atomic E-state index is 14.2. The second kappa shape index (κ2) is 18.5. The Labute approximate surface area is 310 Å². The molecule has 1 fully saturated rings. The lowest BCUT2D eigenvalue weighted by molar-refractivity contribution is -0.149. The third-order valence-electron chi connectivity index (χ3n) is 11.1. The molecule has 0 saturated carbocycles. The van der Waals surface area contributed by atoms with E-state index in [-0.39, 0.29) is 41.9 Å². The number of ether oxygens (including phenoxy) is 3. The number of hydrogen-bond acceptors (Lipinski definition) is 9. The van der Waals surface area contributed by atoms with Gasteiger partial charge >= 0.3 is 5.97 Å². The lowest BCUT2D eigenvalue weighted by atomic mass is 9.73. The molecule has 13 nitrogen and oxygen atoms in total. The van der Waals surface area contributed by atoms with Gasteiger partial charge in [0.15, 0.2) is 0 Å². The number of carbonyl (C=O) groups excluding carboxylic acids is 5. The molecule has 1 heterocycles. The average molecular weight is 730 g/mol. The van der Waals surface area contributed by atoms with E-state index in [1.165, 1.54) is 21.3 Å². The molecular formula is C39H63N5O8. The lowest BCUT2D eigenvalue weighted by Crippen LogP contribution is -2.60. The lowest BCUT2D eigenvalue weighted by Gasteiger charge is -2.41. The van der Waals surface area contributed by atoms with Crippen molar-refractivity contribution in [1.29, 1.82) is 0 Å². The first kappa shape index (κ1) is 42.9. The van der Waals surface area contributed by atoms with Gasteiger partial charge in [0.1, 0.15) is 12.1 Å². The van der Waals surface area contributed by atoms with Gasteiger partial charge in [-0.25, -0.2) is 4.79 Å². The van der Waals surface area contributed by atoms with Gasteiger partial charge in [-0.15, -0.1) is 0 Å². The third-order valence-corrected chi connectivity index (χ3v) is 11.1. The number of hydrogen-bond donors (Lipinski definition) is 3. The average Bonchev–Trinajstić information content (AvgIpc) is 3.58. The first-order chi connectivity index (χ1) is 24.4. The number of rotatable bonds is 18. The van der Waals surface area contributed by atoms with Crippen molar-refractivity contribution in [3.8, 4) is 0 Å². The zero-order chi connectivity index (χ0) is 39.1. The Morgan fingerprint density at radius 2 is 1.67 bits per heavy atom. The fourth-order valence-electron chi connectivity index (χ4n) is 7.70. The monoisotopic (exact) mass is 729 g/mol. The van der Waals surface area contributed by atoms with Crippen molar-refractivity contribution in [2.45, 2.75) is 128 Å². The molecule has 13 heteroatoms. The highest BCUT2D eigenvalue weighted by Crippen LogP contribution is 2.38. The molecule has 1 aliphatic carbocycles. The van der Waals surface area contributed by atoms with Crippen molar-refractivity contribution >= 4 is 29.6 Å². The summed E-state index contributed by atoms with van der Waals surface area (Å²) in [6, 6.07) is 5.30. The summed E-state index contributed by atoms with van der Waals surface area (Å²) in [5.74, 6) is -2.92. The normalized spacial score (nSPS) is 21.1. The van der Waals surface area contributed by atoms with Gasteiger partial charge in [0.05, 0.1) is 49.3 Å². The number of amides is 4. The standard InChI is InChI=1S/C39H63N5O8/c1-12-23(4)33(43(8)36(47)31(22(2)3)42-38(49)39(6,7)40)29(50-9)21-30(45)44-19-15-18-28(44)34(51-10)24(5)35(46)41-32(37(48)52-11)27-20-25-16-13-14-17-26(25)27/h13-14,16-17,22-24,27-29,31-34H,12,15,18-21,40H2,1-11H3,(H,41,46)(H,42,49)/t23?,24?,27-,28-,29?,31?,32?,33?,34?/m0/s1. The summed E-state index contributed by atoms with van der Waals surface area (Å²) in [4.78, 5) is 70.9. The predicted molar refractivity (Wildman–Crippen MR) is 198 cm³/mol. The van der Waals surface area contributed by atoms with Gasteiger partial charge in [0.2, 0.25) is 23.6 Å². The number of nitrogens with two attached hydrogens (primary N) is 1. The van der Waals surface area contributed by atoms with E-state index in [1.54, 1.807) is 37.6 Å². The van der Waals surface area contributed by atoms with Gasteiger partial charge in [-0.05, 0) is 56.1 Å². The third kappa shape index (κ3) is 9.70. The van der Waals surface area contributed by atoms with Crippen LogP contribution in [-0.4, -0.2) is 116 Å². The minimum Gasteiger partial charge on any atom is -0.467 e. The molecule has 0 aromatic heterocycles. The number of nitrogens with one attached hydrogen (secondary N) is 2. The summed E-state index contributed by atoms with van der Waals surface area (Å²) in [5.41, 5.74) is 7.01. The number of likely N-dealkylation sites (tertiary alicyclic amines) is 1. The molecule has 9 atom stereocenters. The molecule has 0 bridgehead atoms. The second-order valence-corrected chi connectivity index (χ2v) is 15.5. The van der Waals surface area contributed by atoms with E-state index in [2.05, 4.69) is 10.6 Å². The fraction of sp³-hybridized carbons (Fsp3) is 0.718. The van der Waals surface area contributed by atoms with E-state index in [1.807, 2.05) is 52.0 Å². The van der Waals surface area contributed by atoms with Crippen molar-refractivity contribution in [2.24, 2.45) is 23.5 Å². The van der Waals surface area contributed by atoms with E-state index < -0.39 is 59.7 Å². The number of methoxy groups -OCH3 is 3. The molecule has 0 radical (unpaired) electrons. The van der Waals surface area contributed by atoms with Crippen LogP contribution in [0.15, 0.2) is 24.3 Å². The molecule has 4 N–H and O–H groups in total. The number of likely N-dealkylation sites (N-methyl/N-ethyl adjacent to an activating group) is 1. The van der Waals surface area contributed by atoms with Crippen molar-refractivity contribution < 1.29 is 38.2 Å². The van der Waals surface area contributed by atoms with E-state index in [9.17, 15) is 24.0 Å². The van der Waals surface area contributed by atoms with Gasteiger partial charge in [0, 0.05) is 33.7 Å². The Morgan fingerprint density at radius 3 is 2.21 bits per heavy atom. The number of nitrogens with zero attached hydrogens (tertiary/aromatic N) is 2. The Hall–Kier alpha value is -3.55. The topological polar surface area (TPSA) is 170 Å². The molecule has 0 spiro atoms. The molecule has 1 aliphatic heterocycles. The number of carbonyl (C=O) groups is 5. The van der Waals surface area contributed by atoms with Crippen LogP contribution >= 0.6 is 0 Å². The van der Waals surface area contributed by atoms with E-state index in [4.69, 9.17) is 19.9 Å². The molecule has 4 amide bonds. The Morgan fingerprint density at radius 1 is 1.02 bits per heavy atom. The number of fused-ring (bicyclic) bond motifs is 1. The van der Waals surface area contributed by atoms with Crippen LogP contribution in [-0.2, 0) is 44.6 Å². The zero-order valence-corrected chi connectivity index (χ0v) is 33.1. The Balaban J connectivity index is 1.78. The van der Waals surface area contributed by atoms with Crippen LogP contribution in [0.2, 0.25) is 0 Å². The van der Waals surface area contributed by atoms with Crippen molar-refractivity contribution in [3.63, 3.8) is 0 Å². The predicted octanol–water partition coefficient (Wildman–Crippen LogP) is 2.78. The zero-order valence-electron chi connectivity index (χ0n) is 33.1. The first-order valence-corrected chi connectivity index (χ1v) is 18.6. The summed E-state index contributed by atoms with van der Waals surface area (Å²) in [7, 11) is 6.07. The quantitative estimate of drug-likeness (QED) is 0.193. The minimum atomic E-state index is -1.17. The molecule has 1 saturated heterocycles. The van der Waals surface area contributed by atoms with Crippen LogP contribution < -0.4 is 16.4 Å². The van der Waals surface area contributed by atoms with Crippen LogP contribution in [0.5, 0.6) is 0 Å². The van der Waals surface area contributed by atoms with Crippen LogP contribution in [0.25, 0.3) is 0 Å². The molecule has 1 aromatic rings. The van der Waals surface area contributed by atoms with Gasteiger partial charge in [-0.2, -0.15) is 0 Å². The van der Waals surface area contributed by atoms with Crippen molar-refractivity contribution in [1.82, 2.24) is 20.4 Å². The van der Waals surface area contributed by atoms with Crippen LogP contribution in [0.3, 0.4) is 0 Å². The highest BCUT2D eigenvalue weighted by Gasteiger charge is 2.45. The first-order valence-electron chi connectivity index (χ1n) is 18.6. The fourth-order valence-corrected chi connectivity index (χ4v) is 7.70. The van der Waals surface area contributed by atoms with E-state index in [0.717, 1.165) is 17.5 Å². The van der Waals surface area contributed by atoms with Crippen LogP contribution in [0.1, 0.15) is 91.2 Å². The molecule has 52 heavy (non-hydrogen) atoms. The van der Waals surface area contributed by atoms with E-state index >= 15 is 0 Å². The molecule has 2 aliphatic rings. The van der Waals surface area contributed by atoms with Crippen LogP contribution in [0, 0.1) is 17.8 Å². The number of esters is 1. The summed E-state index contributed by atoms with van der Waals surface area (Å²) in [5, 5.41) is 5.77. The molecule has 7 unspecified atom stereocenters. The summed E-state index contributed by atoms with van der Waals surface area (Å²) >= 11 is 0. The second-order valence-electron chi connectivity index (χ2n) is 15.5. The van der Waals surface area contributed by atoms with Gasteiger partial charge in [-0.3, -0.25) is 19.2 Å². The summed E-state index contributed by atoms with van der Waals surface area (Å²) < 4.78 is 17.0. The Bertz CT molecular complexity index is 1410. The van der Waals surface area contributed by atoms with Gasteiger partial charge < -0.3 is 40.4 Å². The highest BCUT2D eigenvalue weighted by molar-refractivity contribution is 5.92. The van der Waals surface area contributed by atoms with Crippen molar-refractivity contribution in [2.75, 3.05) is 34.9 Å². The molecule has 3 rings (SSSR count).